The number of unbranched alkanes of at least 4 members (excludes halogenated alkanes) is 1. The van der Waals surface area contributed by atoms with Gasteiger partial charge in [-0.05, 0) is 26.7 Å². The lowest BCUT2D eigenvalue weighted by atomic mass is 9.79. The van der Waals surface area contributed by atoms with Crippen LogP contribution in [-0.4, -0.2) is 41.4 Å². The van der Waals surface area contributed by atoms with Gasteiger partial charge in [-0.3, -0.25) is 4.79 Å². The summed E-state index contributed by atoms with van der Waals surface area (Å²) < 4.78 is 35.1. The second-order valence-electron chi connectivity index (χ2n) is 6.26. The molecule has 0 aliphatic heterocycles. The van der Waals surface area contributed by atoms with E-state index in [1.54, 1.807) is 19.9 Å². The van der Waals surface area contributed by atoms with Crippen molar-refractivity contribution in [3.05, 3.63) is 12.2 Å². The first kappa shape index (κ1) is 17.9. The molecule has 3 atom stereocenters. The first-order chi connectivity index (χ1) is 10.8. The van der Waals surface area contributed by atoms with E-state index in [-0.39, 0.29) is 12.8 Å². The van der Waals surface area contributed by atoms with Crippen molar-refractivity contribution in [1.82, 2.24) is 4.90 Å². The van der Waals surface area contributed by atoms with E-state index in [9.17, 15) is 18.4 Å². The van der Waals surface area contributed by atoms with Crippen LogP contribution >= 0.6 is 0 Å². The second kappa shape index (κ2) is 6.57. The molecule has 0 aromatic carbocycles. The maximum absolute atomic E-state index is 14.9. The molecule has 2 aliphatic rings. The van der Waals surface area contributed by atoms with E-state index in [4.69, 9.17) is 4.74 Å². The smallest absolute Gasteiger partial charge is 0.410 e. The average molecular weight is 329 g/mol. The lowest BCUT2D eigenvalue weighted by Gasteiger charge is -2.40. The molecule has 6 heteroatoms. The van der Waals surface area contributed by atoms with Gasteiger partial charge in [-0.25, -0.2) is 13.6 Å². The molecule has 0 aromatic heterocycles. The van der Waals surface area contributed by atoms with Crippen LogP contribution in [0.25, 0.3) is 0 Å². The van der Waals surface area contributed by atoms with Crippen molar-refractivity contribution in [3.8, 4) is 0 Å². The molecule has 0 spiro atoms. The molecule has 23 heavy (non-hydrogen) atoms. The molecule has 2 rings (SSSR count). The molecule has 1 amide bonds. The molecular weight excluding hydrogens is 304 g/mol. The number of ketones is 1. The predicted octanol–water partition coefficient (Wildman–Crippen LogP) is 3.80. The molecule has 1 saturated carbocycles. The molecule has 2 aliphatic carbocycles. The Labute approximate surface area is 135 Å². The molecular formula is C17H25F2NO3. The summed E-state index contributed by atoms with van der Waals surface area (Å²) in [6.07, 6.45) is 3.64. The number of hydrogen-bond acceptors (Lipinski definition) is 3. The van der Waals surface area contributed by atoms with Gasteiger partial charge in [0.05, 0.1) is 0 Å². The maximum atomic E-state index is 14.9. The first-order valence-electron chi connectivity index (χ1n) is 8.42. The number of halogens is 2. The number of ether oxygens (including phenoxy) is 1. The first-order valence-corrected chi connectivity index (χ1v) is 8.42. The molecule has 1 fully saturated rings. The van der Waals surface area contributed by atoms with Gasteiger partial charge < -0.3 is 9.64 Å². The Hall–Kier alpha value is -1.46. The minimum Gasteiger partial charge on any atom is -0.428 e. The van der Waals surface area contributed by atoms with Gasteiger partial charge in [-0.15, -0.1) is 0 Å². The predicted molar refractivity (Wildman–Crippen MR) is 82.3 cm³/mol. The van der Waals surface area contributed by atoms with Crippen molar-refractivity contribution < 1.29 is 23.1 Å². The summed E-state index contributed by atoms with van der Waals surface area (Å²) in [6, 6.07) is 0. The quantitative estimate of drug-likeness (QED) is 0.667. The molecule has 0 N–H and O–H groups in total. The topological polar surface area (TPSA) is 46.6 Å². The van der Waals surface area contributed by atoms with Gasteiger partial charge >= 0.3 is 12.0 Å². The van der Waals surface area contributed by atoms with Crippen LogP contribution in [0.3, 0.4) is 0 Å². The lowest BCUT2D eigenvalue weighted by molar-refractivity contribution is -0.196. The monoisotopic (exact) mass is 329 g/mol. The van der Waals surface area contributed by atoms with E-state index in [1.165, 1.54) is 11.0 Å². The van der Waals surface area contributed by atoms with Crippen LogP contribution in [0.15, 0.2) is 12.2 Å². The third-order valence-corrected chi connectivity index (χ3v) is 5.01. The number of fused-ring (bicyclic) bond motifs is 2. The van der Waals surface area contributed by atoms with Gasteiger partial charge in [0, 0.05) is 31.3 Å². The number of carbonyl (C=O) groups is 2. The number of amides is 1. The number of Topliss-reactive ketones (excluding diaryl/α,β-unsaturated/α-hetero) is 1. The third-order valence-electron chi connectivity index (χ3n) is 5.01. The summed E-state index contributed by atoms with van der Waals surface area (Å²) >= 11 is 0. The lowest BCUT2D eigenvalue weighted by Crippen LogP contribution is -2.61. The van der Waals surface area contributed by atoms with Crippen molar-refractivity contribution in [2.24, 2.45) is 11.8 Å². The van der Waals surface area contributed by atoms with E-state index in [0.29, 0.717) is 19.5 Å². The van der Waals surface area contributed by atoms with Crippen molar-refractivity contribution in [2.45, 2.75) is 58.0 Å². The van der Waals surface area contributed by atoms with Crippen LogP contribution in [0, 0.1) is 11.8 Å². The van der Waals surface area contributed by atoms with Gasteiger partial charge in [-0.1, -0.05) is 25.5 Å². The Balaban J connectivity index is 2.35. The molecule has 0 unspecified atom stereocenters. The number of carbonyl (C=O) groups excluding carboxylic acids is 2. The van der Waals surface area contributed by atoms with E-state index in [1.807, 2.05) is 6.92 Å². The number of rotatable bonds is 7. The summed E-state index contributed by atoms with van der Waals surface area (Å²) in [7, 11) is 0. The fraction of sp³-hybridized carbons (Fsp3) is 0.765. The number of nitrogens with zero attached hydrogens (tertiary/aromatic N) is 1. The van der Waals surface area contributed by atoms with Crippen LogP contribution < -0.4 is 0 Å². The highest BCUT2D eigenvalue weighted by molar-refractivity contribution is 5.92. The Bertz CT molecular complexity index is 502. The highest BCUT2D eigenvalue weighted by Crippen LogP contribution is 2.59. The SMILES string of the molecule is CCCCC(=O)[C@@]1(OC(=O)N(CC)CC)[C@@H]2C=C[C@@H](C2)C1(F)F. The van der Waals surface area contributed by atoms with Crippen LogP contribution in [0.5, 0.6) is 0 Å². The Kier molecular flexibility index (Phi) is 5.11. The minimum atomic E-state index is -3.35. The summed E-state index contributed by atoms with van der Waals surface area (Å²) in [5, 5.41) is 0. The number of alkyl halides is 2. The van der Waals surface area contributed by atoms with Gasteiger partial charge in [0.1, 0.15) is 0 Å². The third kappa shape index (κ3) is 2.66. The van der Waals surface area contributed by atoms with Crippen LogP contribution in [0.4, 0.5) is 13.6 Å². The zero-order valence-corrected chi connectivity index (χ0v) is 14.0. The summed E-state index contributed by atoms with van der Waals surface area (Å²) in [4.78, 5) is 26.3. The van der Waals surface area contributed by atoms with E-state index in [0.717, 1.165) is 6.42 Å². The minimum absolute atomic E-state index is 0.00861. The number of hydrogen-bond donors (Lipinski definition) is 0. The highest BCUT2D eigenvalue weighted by Gasteiger charge is 2.74. The molecule has 2 bridgehead atoms. The molecule has 0 aromatic rings. The number of allylic oxidation sites excluding steroid dienone is 1. The van der Waals surface area contributed by atoms with Crippen molar-refractivity contribution in [2.75, 3.05) is 13.1 Å². The van der Waals surface area contributed by atoms with Crippen molar-refractivity contribution >= 4 is 11.9 Å². The Morgan fingerprint density at radius 2 is 1.78 bits per heavy atom. The Morgan fingerprint density at radius 1 is 1.17 bits per heavy atom. The van der Waals surface area contributed by atoms with E-state index < -0.39 is 35.2 Å². The van der Waals surface area contributed by atoms with Gasteiger partial charge in [0.25, 0.3) is 0 Å². The van der Waals surface area contributed by atoms with E-state index in [2.05, 4.69) is 0 Å². The maximum Gasteiger partial charge on any atom is 0.410 e. The molecule has 4 nitrogen and oxygen atoms in total. The van der Waals surface area contributed by atoms with Gasteiger partial charge in [-0.2, -0.15) is 0 Å². The summed E-state index contributed by atoms with van der Waals surface area (Å²) in [6.45, 7) is 6.08. The normalized spacial score (nSPS) is 30.5. The fourth-order valence-corrected chi connectivity index (χ4v) is 3.59. The summed E-state index contributed by atoms with van der Waals surface area (Å²) in [5.41, 5.74) is -2.33. The molecule has 0 heterocycles. The zero-order valence-electron chi connectivity index (χ0n) is 14.0. The molecule has 0 radical (unpaired) electrons. The zero-order chi connectivity index (χ0) is 17.3. The molecule has 130 valence electrons. The molecule has 0 saturated heterocycles. The fourth-order valence-electron chi connectivity index (χ4n) is 3.59. The van der Waals surface area contributed by atoms with Crippen LogP contribution in [-0.2, 0) is 9.53 Å². The highest BCUT2D eigenvalue weighted by atomic mass is 19.3. The second-order valence-corrected chi connectivity index (χ2v) is 6.26. The van der Waals surface area contributed by atoms with Crippen molar-refractivity contribution in [3.63, 3.8) is 0 Å². The van der Waals surface area contributed by atoms with Crippen LogP contribution in [0.2, 0.25) is 0 Å². The van der Waals surface area contributed by atoms with Crippen LogP contribution in [0.1, 0.15) is 46.5 Å². The standard InChI is InChI=1S/C17H25F2NO3/c1-4-7-8-14(21)16(23-15(22)20(5-2)6-3)12-9-10-13(11-12)17(16,18)19/h9-10,12-13H,4-8,11H2,1-3H3/t12-,13+,16+/m1/s1. The average Bonchev–Trinajstić information content (AvgIpc) is 3.07. The summed E-state index contributed by atoms with van der Waals surface area (Å²) in [5.74, 6) is -5.75. The van der Waals surface area contributed by atoms with Gasteiger partial charge in [0.2, 0.25) is 5.60 Å². The van der Waals surface area contributed by atoms with Crippen molar-refractivity contribution in [1.29, 1.82) is 0 Å². The Morgan fingerprint density at radius 3 is 2.26 bits per heavy atom. The van der Waals surface area contributed by atoms with E-state index >= 15 is 0 Å². The largest absolute Gasteiger partial charge is 0.428 e. The van der Waals surface area contributed by atoms with Gasteiger partial charge in [0.15, 0.2) is 5.78 Å².